The van der Waals surface area contributed by atoms with Crippen LogP contribution in [0.4, 0.5) is 0 Å². The fraction of sp³-hybridized carbons (Fsp3) is 0.750. The second-order valence-corrected chi connectivity index (χ2v) is 3.16. The summed E-state index contributed by atoms with van der Waals surface area (Å²) in [5.74, 6) is -1.24. The van der Waals surface area contributed by atoms with Gasteiger partial charge in [0.1, 0.15) is 0 Å². The first-order chi connectivity index (χ1) is 6.07. The van der Waals surface area contributed by atoms with Crippen LogP contribution < -0.4 is 5.32 Å². The zero-order valence-electron chi connectivity index (χ0n) is 7.50. The summed E-state index contributed by atoms with van der Waals surface area (Å²) in [4.78, 5) is 21.5. The van der Waals surface area contributed by atoms with Gasteiger partial charge in [-0.1, -0.05) is 0 Å². The Morgan fingerprint density at radius 2 is 2.31 bits per heavy atom. The number of rotatable bonds is 3. The third kappa shape index (κ3) is 2.18. The molecule has 1 rings (SSSR count). The topological polar surface area (TPSA) is 75.6 Å². The molecule has 2 N–H and O–H groups in total. The molecule has 1 fully saturated rings. The average Bonchev–Trinajstić information content (AvgIpc) is 2.50. The van der Waals surface area contributed by atoms with Gasteiger partial charge >= 0.3 is 5.97 Å². The first kappa shape index (κ1) is 9.98. The number of hydrogen-bond donors (Lipinski definition) is 2. The molecule has 0 aromatic carbocycles. The van der Waals surface area contributed by atoms with Crippen molar-refractivity contribution in [1.29, 1.82) is 0 Å². The molecule has 0 bridgehead atoms. The normalized spacial score (nSPS) is 27.2. The summed E-state index contributed by atoms with van der Waals surface area (Å²) in [7, 11) is 0. The number of aliphatic carboxylic acids is 1. The molecule has 5 nitrogen and oxygen atoms in total. The van der Waals surface area contributed by atoms with Gasteiger partial charge in [0.15, 0.2) is 5.60 Å². The monoisotopic (exact) mass is 187 g/mol. The molecule has 0 aliphatic carbocycles. The standard InChI is InChI=1S/C8H13NO4/c1-6(10)9-5-8(7(11)12)3-2-4-13-8/h2-5H2,1H3,(H,9,10)(H,11,12). The van der Waals surface area contributed by atoms with Crippen molar-refractivity contribution in [2.75, 3.05) is 13.2 Å². The summed E-state index contributed by atoms with van der Waals surface area (Å²) in [5, 5.41) is 11.4. The van der Waals surface area contributed by atoms with Gasteiger partial charge in [-0.2, -0.15) is 0 Å². The maximum atomic E-state index is 10.9. The number of nitrogens with one attached hydrogen (secondary N) is 1. The molecule has 0 aromatic heterocycles. The number of ether oxygens (including phenoxy) is 1. The Morgan fingerprint density at radius 1 is 1.62 bits per heavy atom. The maximum Gasteiger partial charge on any atom is 0.337 e. The number of carbonyl (C=O) groups is 2. The SMILES string of the molecule is CC(=O)NCC1(C(=O)O)CCCO1. The molecule has 1 unspecified atom stereocenters. The lowest BCUT2D eigenvalue weighted by Crippen LogP contribution is -2.48. The van der Waals surface area contributed by atoms with E-state index in [0.717, 1.165) is 6.42 Å². The van der Waals surface area contributed by atoms with Gasteiger partial charge in [-0.3, -0.25) is 4.79 Å². The molecular weight excluding hydrogens is 174 g/mol. The van der Waals surface area contributed by atoms with Gasteiger partial charge < -0.3 is 15.2 Å². The molecule has 1 aliphatic rings. The van der Waals surface area contributed by atoms with Gasteiger partial charge in [-0.25, -0.2) is 4.79 Å². The number of carbonyl (C=O) groups excluding carboxylic acids is 1. The zero-order valence-corrected chi connectivity index (χ0v) is 7.50. The van der Waals surface area contributed by atoms with Crippen molar-refractivity contribution >= 4 is 11.9 Å². The lowest BCUT2D eigenvalue weighted by Gasteiger charge is -2.22. The highest BCUT2D eigenvalue weighted by Gasteiger charge is 2.42. The first-order valence-electron chi connectivity index (χ1n) is 4.19. The second kappa shape index (κ2) is 3.74. The van der Waals surface area contributed by atoms with E-state index in [4.69, 9.17) is 9.84 Å². The predicted molar refractivity (Wildman–Crippen MR) is 44.2 cm³/mol. The minimum Gasteiger partial charge on any atom is -0.479 e. The fourth-order valence-electron chi connectivity index (χ4n) is 1.35. The largest absolute Gasteiger partial charge is 0.479 e. The van der Waals surface area contributed by atoms with Gasteiger partial charge in [0.25, 0.3) is 0 Å². The van der Waals surface area contributed by atoms with Gasteiger partial charge in [-0.05, 0) is 12.8 Å². The third-order valence-electron chi connectivity index (χ3n) is 2.12. The van der Waals surface area contributed by atoms with Crippen molar-refractivity contribution in [3.8, 4) is 0 Å². The van der Waals surface area contributed by atoms with E-state index in [1.54, 1.807) is 0 Å². The minimum atomic E-state index is -1.19. The first-order valence-corrected chi connectivity index (χ1v) is 4.19. The molecule has 5 heteroatoms. The molecule has 1 heterocycles. The molecule has 0 spiro atoms. The quantitative estimate of drug-likeness (QED) is 0.639. The smallest absolute Gasteiger partial charge is 0.337 e. The summed E-state index contributed by atoms with van der Waals surface area (Å²) in [5.41, 5.74) is -1.19. The molecule has 0 aromatic rings. The van der Waals surface area contributed by atoms with E-state index in [1.165, 1.54) is 6.92 Å². The van der Waals surface area contributed by atoms with Crippen molar-refractivity contribution in [2.45, 2.75) is 25.4 Å². The maximum absolute atomic E-state index is 10.9. The Hall–Kier alpha value is -1.10. The van der Waals surface area contributed by atoms with E-state index >= 15 is 0 Å². The van der Waals surface area contributed by atoms with Crippen LogP contribution in [0.5, 0.6) is 0 Å². The lowest BCUT2D eigenvalue weighted by molar-refractivity contribution is -0.159. The van der Waals surface area contributed by atoms with E-state index in [9.17, 15) is 9.59 Å². The Kier molecular flexibility index (Phi) is 2.87. The Bertz CT molecular complexity index is 220. The Morgan fingerprint density at radius 3 is 2.69 bits per heavy atom. The van der Waals surface area contributed by atoms with Crippen LogP contribution in [0.2, 0.25) is 0 Å². The van der Waals surface area contributed by atoms with Crippen molar-refractivity contribution in [1.82, 2.24) is 5.32 Å². The highest BCUT2D eigenvalue weighted by atomic mass is 16.5. The molecule has 1 atom stereocenters. The predicted octanol–water partition coefficient (Wildman–Crippen LogP) is -0.244. The second-order valence-electron chi connectivity index (χ2n) is 3.16. The Labute approximate surface area is 76.1 Å². The van der Waals surface area contributed by atoms with Gasteiger partial charge in [0.2, 0.25) is 5.91 Å². The third-order valence-corrected chi connectivity index (χ3v) is 2.12. The van der Waals surface area contributed by atoms with Crippen molar-refractivity contribution < 1.29 is 19.4 Å². The van der Waals surface area contributed by atoms with Crippen LogP contribution in [-0.4, -0.2) is 35.7 Å². The van der Waals surface area contributed by atoms with Crippen LogP contribution in [0, 0.1) is 0 Å². The summed E-state index contributed by atoms with van der Waals surface area (Å²) in [6, 6.07) is 0. The van der Waals surface area contributed by atoms with Crippen LogP contribution in [-0.2, 0) is 14.3 Å². The Balaban J connectivity index is 2.57. The van der Waals surface area contributed by atoms with E-state index in [1.807, 2.05) is 0 Å². The highest BCUT2D eigenvalue weighted by Crippen LogP contribution is 2.25. The van der Waals surface area contributed by atoms with Crippen LogP contribution in [0.1, 0.15) is 19.8 Å². The van der Waals surface area contributed by atoms with Crippen LogP contribution >= 0.6 is 0 Å². The van der Waals surface area contributed by atoms with E-state index < -0.39 is 11.6 Å². The molecule has 1 saturated heterocycles. The van der Waals surface area contributed by atoms with E-state index in [0.29, 0.717) is 13.0 Å². The molecule has 0 radical (unpaired) electrons. The van der Waals surface area contributed by atoms with Gasteiger partial charge in [-0.15, -0.1) is 0 Å². The van der Waals surface area contributed by atoms with Crippen LogP contribution in [0.3, 0.4) is 0 Å². The summed E-state index contributed by atoms with van der Waals surface area (Å²) < 4.78 is 5.14. The zero-order chi connectivity index (χ0) is 9.90. The van der Waals surface area contributed by atoms with Crippen molar-refractivity contribution in [3.63, 3.8) is 0 Å². The van der Waals surface area contributed by atoms with Crippen molar-refractivity contribution in [2.24, 2.45) is 0 Å². The van der Waals surface area contributed by atoms with Gasteiger partial charge in [0, 0.05) is 13.5 Å². The number of carboxylic acids is 1. The summed E-state index contributed by atoms with van der Waals surface area (Å²) in [6.07, 6.45) is 1.19. The van der Waals surface area contributed by atoms with Crippen molar-refractivity contribution in [3.05, 3.63) is 0 Å². The molecule has 74 valence electrons. The minimum absolute atomic E-state index is 0.0532. The molecule has 1 aliphatic heterocycles. The number of amides is 1. The molecular formula is C8H13NO4. The highest BCUT2D eigenvalue weighted by molar-refractivity contribution is 5.80. The van der Waals surface area contributed by atoms with Crippen LogP contribution in [0.25, 0.3) is 0 Å². The summed E-state index contributed by atoms with van der Waals surface area (Å²) in [6.45, 7) is 1.86. The van der Waals surface area contributed by atoms with E-state index in [2.05, 4.69) is 5.32 Å². The van der Waals surface area contributed by atoms with Crippen LogP contribution in [0.15, 0.2) is 0 Å². The summed E-state index contributed by atoms with van der Waals surface area (Å²) >= 11 is 0. The van der Waals surface area contributed by atoms with Gasteiger partial charge in [0.05, 0.1) is 6.54 Å². The number of hydrogen-bond acceptors (Lipinski definition) is 3. The molecule has 1 amide bonds. The number of carboxylic acid groups (broad SMARTS) is 1. The average molecular weight is 187 g/mol. The van der Waals surface area contributed by atoms with E-state index in [-0.39, 0.29) is 12.5 Å². The molecule has 0 saturated carbocycles. The lowest BCUT2D eigenvalue weighted by atomic mass is 10.0. The fourth-order valence-corrected chi connectivity index (χ4v) is 1.35. The molecule has 13 heavy (non-hydrogen) atoms.